The molecule has 0 saturated carbocycles. The topological polar surface area (TPSA) is 20.3 Å². The number of hydrogen-bond acceptors (Lipinski definition) is 2. The van der Waals surface area contributed by atoms with Crippen LogP contribution in [0.5, 0.6) is 0 Å². The average Bonchev–Trinajstić information content (AvgIpc) is 2.39. The Bertz CT molecular complexity index is 397. The monoisotopic (exact) mass is 295 g/mol. The van der Waals surface area contributed by atoms with Crippen LogP contribution in [0.15, 0.2) is 22.7 Å². The molecule has 1 aliphatic rings. The second kappa shape index (κ2) is 5.67. The standard InChI is InChI=1S/C14H18BrNO/c1-2-11-5-7-16(8-6-11)13-4-3-12(10-17)14(15)9-13/h3-4,9-11H,2,5-8H2,1H3. The Balaban J connectivity index is 2.08. The van der Waals surface area contributed by atoms with Crippen molar-refractivity contribution in [1.82, 2.24) is 0 Å². The summed E-state index contributed by atoms with van der Waals surface area (Å²) in [6, 6.07) is 5.98. The van der Waals surface area contributed by atoms with Gasteiger partial charge in [0.15, 0.2) is 6.29 Å². The fraction of sp³-hybridized carbons (Fsp3) is 0.500. The first-order chi connectivity index (χ1) is 8.24. The van der Waals surface area contributed by atoms with Crippen LogP contribution < -0.4 is 4.90 Å². The Labute approximate surface area is 111 Å². The number of nitrogens with zero attached hydrogens (tertiary/aromatic N) is 1. The lowest BCUT2D eigenvalue weighted by Gasteiger charge is -2.33. The SMILES string of the molecule is CCC1CCN(c2ccc(C=O)c(Br)c2)CC1. The van der Waals surface area contributed by atoms with Gasteiger partial charge in [0.25, 0.3) is 0 Å². The molecule has 0 amide bonds. The maximum absolute atomic E-state index is 10.8. The molecule has 0 bridgehead atoms. The fourth-order valence-electron chi connectivity index (χ4n) is 2.41. The number of anilines is 1. The summed E-state index contributed by atoms with van der Waals surface area (Å²) in [5.74, 6) is 0.893. The van der Waals surface area contributed by atoms with Crippen molar-refractivity contribution in [1.29, 1.82) is 0 Å². The van der Waals surface area contributed by atoms with Gasteiger partial charge in [-0.3, -0.25) is 4.79 Å². The molecule has 92 valence electrons. The van der Waals surface area contributed by atoms with Crippen molar-refractivity contribution < 1.29 is 4.79 Å². The zero-order valence-electron chi connectivity index (χ0n) is 10.2. The van der Waals surface area contributed by atoms with E-state index in [0.717, 1.165) is 35.3 Å². The van der Waals surface area contributed by atoms with Gasteiger partial charge in [-0.15, -0.1) is 0 Å². The van der Waals surface area contributed by atoms with Crippen LogP contribution in [0.2, 0.25) is 0 Å². The summed E-state index contributed by atoms with van der Waals surface area (Å²) in [5.41, 5.74) is 1.94. The van der Waals surface area contributed by atoms with Crippen LogP contribution >= 0.6 is 15.9 Å². The number of aldehydes is 1. The molecule has 2 nitrogen and oxygen atoms in total. The van der Waals surface area contributed by atoms with Crippen molar-refractivity contribution in [3.05, 3.63) is 28.2 Å². The van der Waals surface area contributed by atoms with E-state index in [1.807, 2.05) is 12.1 Å². The molecular weight excluding hydrogens is 278 g/mol. The van der Waals surface area contributed by atoms with Gasteiger partial charge in [-0.2, -0.15) is 0 Å². The van der Waals surface area contributed by atoms with E-state index in [9.17, 15) is 4.79 Å². The van der Waals surface area contributed by atoms with Crippen LogP contribution in [0.25, 0.3) is 0 Å². The van der Waals surface area contributed by atoms with Gasteiger partial charge < -0.3 is 4.90 Å². The molecule has 1 aromatic carbocycles. The van der Waals surface area contributed by atoms with Gasteiger partial charge in [-0.1, -0.05) is 13.3 Å². The van der Waals surface area contributed by atoms with Gasteiger partial charge in [0.1, 0.15) is 0 Å². The van der Waals surface area contributed by atoms with E-state index in [0.29, 0.717) is 0 Å². The summed E-state index contributed by atoms with van der Waals surface area (Å²) >= 11 is 3.44. The lowest BCUT2D eigenvalue weighted by atomic mass is 9.94. The van der Waals surface area contributed by atoms with Crippen molar-refractivity contribution in [2.75, 3.05) is 18.0 Å². The molecule has 0 atom stereocenters. The highest BCUT2D eigenvalue weighted by Gasteiger charge is 2.18. The highest BCUT2D eigenvalue weighted by atomic mass is 79.9. The molecule has 0 unspecified atom stereocenters. The molecule has 2 rings (SSSR count). The first-order valence-electron chi connectivity index (χ1n) is 6.24. The first kappa shape index (κ1) is 12.6. The third-order valence-electron chi connectivity index (χ3n) is 3.67. The van der Waals surface area contributed by atoms with Crippen molar-refractivity contribution in [2.24, 2.45) is 5.92 Å². The van der Waals surface area contributed by atoms with Gasteiger partial charge in [-0.25, -0.2) is 0 Å². The normalized spacial score (nSPS) is 17.2. The largest absolute Gasteiger partial charge is 0.371 e. The van der Waals surface area contributed by atoms with Crippen molar-refractivity contribution >= 4 is 27.9 Å². The Kier molecular flexibility index (Phi) is 4.21. The van der Waals surface area contributed by atoms with Crippen LogP contribution in [0.4, 0.5) is 5.69 Å². The lowest BCUT2D eigenvalue weighted by molar-refractivity contribution is 0.112. The van der Waals surface area contributed by atoms with Gasteiger partial charge in [0.05, 0.1) is 0 Å². The number of rotatable bonds is 3. The Morgan fingerprint density at radius 2 is 2.12 bits per heavy atom. The van der Waals surface area contributed by atoms with Crippen LogP contribution in [-0.4, -0.2) is 19.4 Å². The first-order valence-corrected chi connectivity index (χ1v) is 7.03. The molecule has 0 spiro atoms. The number of halogens is 1. The predicted octanol–water partition coefficient (Wildman–Crippen LogP) is 3.89. The molecule has 0 N–H and O–H groups in total. The van der Waals surface area contributed by atoms with Crippen molar-refractivity contribution in [3.63, 3.8) is 0 Å². The minimum absolute atomic E-state index is 0.720. The Morgan fingerprint density at radius 1 is 1.41 bits per heavy atom. The number of piperidine rings is 1. The molecule has 1 aliphatic heterocycles. The van der Waals surface area contributed by atoms with Gasteiger partial charge in [-0.05, 0) is 52.9 Å². The molecule has 3 heteroatoms. The molecule has 0 radical (unpaired) electrons. The van der Waals surface area contributed by atoms with Crippen molar-refractivity contribution in [3.8, 4) is 0 Å². The number of benzene rings is 1. The molecule has 1 saturated heterocycles. The molecule has 1 heterocycles. The fourth-order valence-corrected chi connectivity index (χ4v) is 2.87. The van der Waals surface area contributed by atoms with E-state index in [2.05, 4.69) is 33.8 Å². The molecule has 1 fully saturated rings. The zero-order chi connectivity index (χ0) is 12.3. The second-order valence-electron chi connectivity index (χ2n) is 4.66. The summed E-state index contributed by atoms with van der Waals surface area (Å²) in [5, 5.41) is 0. The third-order valence-corrected chi connectivity index (χ3v) is 4.35. The number of carbonyl (C=O) groups is 1. The number of carbonyl (C=O) groups excluding carboxylic acids is 1. The van der Waals surface area contributed by atoms with E-state index in [-0.39, 0.29) is 0 Å². The molecular formula is C14H18BrNO. The maximum Gasteiger partial charge on any atom is 0.151 e. The lowest BCUT2D eigenvalue weighted by Crippen LogP contribution is -2.33. The summed E-state index contributed by atoms with van der Waals surface area (Å²) in [7, 11) is 0. The number of hydrogen-bond donors (Lipinski definition) is 0. The second-order valence-corrected chi connectivity index (χ2v) is 5.52. The quantitative estimate of drug-likeness (QED) is 0.789. The van der Waals surface area contributed by atoms with Gasteiger partial charge in [0, 0.05) is 28.8 Å². The summed E-state index contributed by atoms with van der Waals surface area (Å²) < 4.78 is 0.891. The summed E-state index contributed by atoms with van der Waals surface area (Å²) in [6.07, 6.45) is 4.74. The molecule has 17 heavy (non-hydrogen) atoms. The minimum atomic E-state index is 0.720. The Hall–Kier alpha value is -0.830. The van der Waals surface area contributed by atoms with E-state index >= 15 is 0 Å². The van der Waals surface area contributed by atoms with Crippen molar-refractivity contribution in [2.45, 2.75) is 26.2 Å². The van der Waals surface area contributed by atoms with E-state index in [4.69, 9.17) is 0 Å². The van der Waals surface area contributed by atoms with E-state index in [1.165, 1.54) is 24.9 Å². The third kappa shape index (κ3) is 2.89. The minimum Gasteiger partial charge on any atom is -0.371 e. The van der Waals surface area contributed by atoms with Gasteiger partial charge in [0.2, 0.25) is 0 Å². The maximum atomic E-state index is 10.8. The van der Waals surface area contributed by atoms with Crippen LogP contribution in [0.3, 0.4) is 0 Å². The van der Waals surface area contributed by atoms with E-state index < -0.39 is 0 Å². The van der Waals surface area contributed by atoms with Crippen LogP contribution in [0, 0.1) is 5.92 Å². The molecule has 0 aliphatic carbocycles. The predicted molar refractivity (Wildman–Crippen MR) is 74.8 cm³/mol. The summed E-state index contributed by atoms with van der Waals surface area (Å²) in [4.78, 5) is 13.2. The van der Waals surface area contributed by atoms with Gasteiger partial charge >= 0.3 is 0 Å². The van der Waals surface area contributed by atoms with E-state index in [1.54, 1.807) is 0 Å². The summed E-state index contributed by atoms with van der Waals surface area (Å²) in [6.45, 7) is 4.53. The highest BCUT2D eigenvalue weighted by molar-refractivity contribution is 9.10. The smallest absolute Gasteiger partial charge is 0.151 e. The zero-order valence-corrected chi connectivity index (χ0v) is 11.7. The average molecular weight is 296 g/mol. The molecule has 0 aromatic heterocycles. The van der Waals surface area contributed by atoms with Crippen LogP contribution in [-0.2, 0) is 0 Å². The molecule has 1 aromatic rings. The van der Waals surface area contributed by atoms with Crippen LogP contribution in [0.1, 0.15) is 36.5 Å². The Morgan fingerprint density at radius 3 is 2.65 bits per heavy atom. The highest BCUT2D eigenvalue weighted by Crippen LogP contribution is 2.28.